The summed E-state index contributed by atoms with van der Waals surface area (Å²) < 4.78 is 19.7. The Morgan fingerprint density at radius 2 is 2.30 bits per heavy atom. The van der Waals surface area contributed by atoms with Crippen LogP contribution >= 0.6 is 11.8 Å². The largest absolute Gasteiger partial charge is 0.338 e. The predicted molar refractivity (Wildman–Crippen MR) is 67.7 cm³/mol. The van der Waals surface area contributed by atoms with Crippen LogP contribution in [0.4, 0.5) is 4.39 Å². The van der Waals surface area contributed by atoms with Crippen molar-refractivity contribution in [1.82, 2.24) is 30.3 Å². The Morgan fingerprint density at radius 3 is 3.05 bits per heavy atom. The zero-order chi connectivity index (χ0) is 13.9. The Balaban J connectivity index is 1.80. The SMILES string of the molecule is Cc1noc(CSc2nnnn2-c2cccc(F)c2)n1. The average molecular weight is 292 g/mol. The van der Waals surface area contributed by atoms with Gasteiger partial charge in [0.25, 0.3) is 0 Å². The van der Waals surface area contributed by atoms with Crippen molar-refractivity contribution in [3.8, 4) is 5.69 Å². The molecule has 0 saturated carbocycles. The Labute approximate surface area is 117 Å². The highest BCUT2D eigenvalue weighted by molar-refractivity contribution is 7.98. The van der Waals surface area contributed by atoms with Gasteiger partial charge in [0.1, 0.15) is 5.82 Å². The second kappa shape index (κ2) is 5.37. The average Bonchev–Trinajstić information content (AvgIpc) is 3.05. The molecular formula is C11H9FN6OS. The first-order valence-corrected chi connectivity index (χ1v) is 6.67. The van der Waals surface area contributed by atoms with Crippen LogP contribution in [0.2, 0.25) is 0 Å². The summed E-state index contributed by atoms with van der Waals surface area (Å²) in [6.07, 6.45) is 0. The van der Waals surface area contributed by atoms with E-state index in [9.17, 15) is 4.39 Å². The van der Waals surface area contributed by atoms with E-state index in [4.69, 9.17) is 4.52 Å². The zero-order valence-electron chi connectivity index (χ0n) is 10.4. The van der Waals surface area contributed by atoms with Gasteiger partial charge in [-0.15, -0.1) is 5.10 Å². The quantitative estimate of drug-likeness (QED) is 0.678. The molecule has 2 heterocycles. The Hall–Kier alpha value is -2.29. The molecule has 0 spiro atoms. The van der Waals surface area contributed by atoms with Crippen LogP contribution in [-0.2, 0) is 5.75 Å². The summed E-state index contributed by atoms with van der Waals surface area (Å²) in [6, 6.07) is 6.04. The number of hydrogen-bond donors (Lipinski definition) is 0. The van der Waals surface area contributed by atoms with Crippen molar-refractivity contribution in [2.75, 3.05) is 0 Å². The van der Waals surface area contributed by atoms with E-state index in [0.717, 1.165) is 0 Å². The number of aryl methyl sites for hydroxylation is 1. The molecule has 0 saturated heterocycles. The molecule has 0 amide bonds. The van der Waals surface area contributed by atoms with Gasteiger partial charge in [-0.3, -0.25) is 0 Å². The van der Waals surface area contributed by atoms with Gasteiger partial charge in [0.15, 0.2) is 5.82 Å². The molecule has 102 valence electrons. The van der Waals surface area contributed by atoms with Crippen LogP contribution in [0.25, 0.3) is 5.69 Å². The number of rotatable bonds is 4. The maximum absolute atomic E-state index is 13.2. The molecule has 0 unspecified atom stereocenters. The third-order valence-electron chi connectivity index (χ3n) is 2.39. The summed E-state index contributed by atoms with van der Waals surface area (Å²) in [7, 11) is 0. The zero-order valence-corrected chi connectivity index (χ0v) is 11.2. The third kappa shape index (κ3) is 2.67. The number of hydrogen-bond acceptors (Lipinski definition) is 7. The van der Waals surface area contributed by atoms with Gasteiger partial charge >= 0.3 is 0 Å². The van der Waals surface area contributed by atoms with Crippen molar-refractivity contribution >= 4 is 11.8 Å². The minimum absolute atomic E-state index is 0.346. The summed E-state index contributed by atoms with van der Waals surface area (Å²) in [4.78, 5) is 4.09. The molecule has 0 bridgehead atoms. The van der Waals surface area contributed by atoms with E-state index in [1.54, 1.807) is 19.1 Å². The monoisotopic (exact) mass is 292 g/mol. The lowest BCUT2D eigenvalue weighted by atomic mass is 10.3. The summed E-state index contributed by atoms with van der Waals surface area (Å²) in [5, 5.41) is 15.6. The molecule has 0 N–H and O–H groups in total. The van der Waals surface area contributed by atoms with Crippen molar-refractivity contribution in [1.29, 1.82) is 0 Å². The van der Waals surface area contributed by atoms with Crippen molar-refractivity contribution in [3.63, 3.8) is 0 Å². The highest BCUT2D eigenvalue weighted by Crippen LogP contribution is 2.21. The normalized spacial score (nSPS) is 10.9. The molecule has 3 aromatic rings. The first kappa shape index (κ1) is 12.7. The lowest BCUT2D eigenvalue weighted by molar-refractivity contribution is 0.387. The molecule has 20 heavy (non-hydrogen) atoms. The first-order chi connectivity index (χ1) is 9.72. The fourth-order valence-electron chi connectivity index (χ4n) is 1.56. The second-order valence-electron chi connectivity index (χ2n) is 3.88. The lowest BCUT2D eigenvalue weighted by Gasteiger charge is -2.02. The fourth-order valence-corrected chi connectivity index (χ4v) is 2.29. The maximum Gasteiger partial charge on any atom is 0.237 e. The molecule has 1 aromatic carbocycles. The highest BCUT2D eigenvalue weighted by atomic mass is 32.2. The van der Waals surface area contributed by atoms with Crippen molar-refractivity contribution < 1.29 is 8.91 Å². The van der Waals surface area contributed by atoms with Crippen molar-refractivity contribution in [2.45, 2.75) is 17.8 Å². The van der Waals surface area contributed by atoms with Gasteiger partial charge in [0.2, 0.25) is 11.0 Å². The van der Waals surface area contributed by atoms with E-state index in [0.29, 0.717) is 28.3 Å². The Morgan fingerprint density at radius 1 is 1.40 bits per heavy atom. The first-order valence-electron chi connectivity index (χ1n) is 5.69. The summed E-state index contributed by atoms with van der Waals surface area (Å²) in [6.45, 7) is 1.74. The standard InChI is InChI=1S/C11H9FN6OS/c1-7-13-10(19-15-7)6-20-11-14-16-17-18(11)9-4-2-3-8(12)5-9/h2-5H,6H2,1H3. The van der Waals surface area contributed by atoms with E-state index in [1.807, 2.05) is 0 Å². The number of nitrogens with zero attached hydrogens (tertiary/aromatic N) is 6. The van der Waals surface area contributed by atoms with Gasteiger partial charge in [-0.25, -0.2) is 4.39 Å². The molecule has 9 heteroatoms. The fraction of sp³-hybridized carbons (Fsp3) is 0.182. The van der Waals surface area contributed by atoms with Gasteiger partial charge in [-0.1, -0.05) is 23.0 Å². The van der Waals surface area contributed by atoms with Gasteiger partial charge < -0.3 is 4.52 Å². The minimum atomic E-state index is -0.346. The van der Waals surface area contributed by atoms with Crippen molar-refractivity contribution in [2.24, 2.45) is 0 Å². The van der Waals surface area contributed by atoms with E-state index in [-0.39, 0.29) is 5.82 Å². The van der Waals surface area contributed by atoms with Gasteiger partial charge in [0.05, 0.1) is 11.4 Å². The molecule has 0 fully saturated rings. The van der Waals surface area contributed by atoms with E-state index in [2.05, 4.69) is 25.7 Å². The molecule has 0 radical (unpaired) electrons. The lowest BCUT2D eigenvalue weighted by Crippen LogP contribution is -1.99. The molecule has 2 aromatic heterocycles. The summed E-state index contributed by atoms with van der Waals surface area (Å²) in [5.41, 5.74) is 0.555. The van der Waals surface area contributed by atoms with Crippen LogP contribution in [0.15, 0.2) is 33.9 Å². The van der Waals surface area contributed by atoms with Crippen LogP contribution in [0, 0.1) is 12.7 Å². The number of benzene rings is 1. The molecular weight excluding hydrogens is 283 g/mol. The molecule has 0 aliphatic carbocycles. The van der Waals surface area contributed by atoms with Gasteiger partial charge in [0, 0.05) is 0 Å². The Bertz CT molecular complexity index is 727. The van der Waals surface area contributed by atoms with E-state index < -0.39 is 0 Å². The van der Waals surface area contributed by atoms with E-state index >= 15 is 0 Å². The minimum Gasteiger partial charge on any atom is -0.338 e. The molecule has 0 atom stereocenters. The number of aromatic nitrogens is 6. The smallest absolute Gasteiger partial charge is 0.237 e. The van der Waals surface area contributed by atoms with Crippen molar-refractivity contribution in [3.05, 3.63) is 41.8 Å². The van der Waals surface area contributed by atoms with Crippen LogP contribution < -0.4 is 0 Å². The molecule has 0 aliphatic heterocycles. The van der Waals surface area contributed by atoms with E-state index in [1.165, 1.54) is 28.6 Å². The number of thioether (sulfide) groups is 1. The number of halogens is 1. The molecule has 3 rings (SSSR count). The third-order valence-corrected chi connectivity index (χ3v) is 3.29. The highest BCUT2D eigenvalue weighted by Gasteiger charge is 2.12. The molecule has 7 nitrogen and oxygen atoms in total. The van der Waals surface area contributed by atoms with Gasteiger partial charge in [-0.05, 0) is 35.5 Å². The molecule has 0 aliphatic rings. The summed E-state index contributed by atoms with van der Waals surface area (Å²) in [5.74, 6) is 1.16. The maximum atomic E-state index is 13.2. The predicted octanol–water partition coefficient (Wildman–Crippen LogP) is 1.79. The summed E-state index contributed by atoms with van der Waals surface area (Å²) >= 11 is 1.33. The van der Waals surface area contributed by atoms with Crippen LogP contribution in [0.1, 0.15) is 11.7 Å². The second-order valence-corrected chi connectivity index (χ2v) is 4.82. The van der Waals surface area contributed by atoms with Crippen LogP contribution in [0.5, 0.6) is 0 Å². The van der Waals surface area contributed by atoms with Gasteiger partial charge in [-0.2, -0.15) is 9.67 Å². The van der Waals surface area contributed by atoms with Crippen LogP contribution in [-0.4, -0.2) is 30.3 Å². The Kier molecular flexibility index (Phi) is 3.42. The number of tetrazole rings is 1. The van der Waals surface area contributed by atoms with Crippen LogP contribution in [0.3, 0.4) is 0 Å². The topological polar surface area (TPSA) is 82.5 Å².